The van der Waals surface area contributed by atoms with Gasteiger partial charge in [0.1, 0.15) is 0 Å². The molecule has 0 aliphatic carbocycles. The van der Waals surface area contributed by atoms with Gasteiger partial charge in [0, 0.05) is 20.2 Å². The Hall–Kier alpha value is -0.500. The van der Waals surface area contributed by atoms with Gasteiger partial charge in [0.25, 0.3) is 0 Å². The fraction of sp³-hybridized carbons (Fsp3) is 0.667. The third kappa shape index (κ3) is 1.01. The highest BCUT2D eigenvalue weighted by molar-refractivity contribution is 4.82. The van der Waals surface area contributed by atoms with Crippen molar-refractivity contribution in [2.75, 3.05) is 13.6 Å². The van der Waals surface area contributed by atoms with E-state index >= 15 is 0 Å². The number of hydrogen-bond donors (Lipinski definition) is 1. The molecule has 46 valence electrons. The lowest BCUT2D eigenvalue weighted by molar-refractivity contribution is -0.698. The zero-order valence-corrected chi connectivity index (χ0v) is 5.46. The minimum absolute atomic E-state index is 0.625. The maximum absolute atomic E-state index is 2.29. The maximum Gasteiger partial charge on any atom is 0.158 e. The Labute approximate surface area is 50.2 Å². The third-order valence-electron chi connectivity index (χ3n) is 1.60. The zero-order chi connectivity index (χ0) is 5.98. The zero-order valence-electron chi connectivity index (χ0n) is 5.46. The number of nitrogens with two attached hydrogens (primary N) is 1. The largest absolute Gasteiger partial charge is 0.333 e. The van der Waals surface area contributed by atoms with Crippen LogP contribution in [-0.4, -0.2) is 24.7 Å². The molecule has 1 rings (SSSR count). The molecule has 2 heteroatoms. The smallest absolute Gasteiger partial charge is 0.158 e. The van der Waals surface area contributed by atoms with Gasteiger partial charge in [0.15, 0.2) is 6.17 Å². The van der Waals surface area contributed by atoms with Gasteiger partial charge < -0.3 is 10.2 Å². The number of rotatable bonds is 0. The van der Waals surface area contributed by atoms with Crippen LogP contribution in [0.1, 0.15) is 6.92 Å². The van der Waals surface area contributed by atoms with Crippen molar-refractivity contribution in [1.82, 2.24) is 4.90 Å². The van der Waals surface area contributed by atoms with E-state index < -0.39 is 0 Å². The third-order valence-corrected chi connectivity index (χ3v) is 1.60. The molecule has 0 aromatic rings. The highest BCUT2D eigenvalue weighted by Crippen LogP contribution is 1.89. The molecule has 0 radical (unpaired) electrons. The predicted molar refractivity (Wildman–Crippen MR) is 33.2 cm³/mol. The van der Waals surface area contributed by atoms with Gasteiger partial charge in [0.05, 0.1) is 6.54 Å². The summed E-state index contributed by atoms with van der Waals surface area (Å²) in [6, 6.07) is 0. The first-order valence-electron chi connectivity index (χ1n) is 3.02. The lowest BCUT2D eigenvalue weighted by Crippen LogP contribution is -2.92. The van der Waals surface area contributed by atoms with E-state index in [1.165, 1.54) is 0 Å². The van der Waals surface area contributed by atoms with Gasteiger partial charge in [-0.3, -0.25) is 0 Å². The molecule has 0 aromatic carbocycles. The first kappa shape index (κ1) is 5.63. The van der Waals surface area contributed by atoms with Gasteiger partial charge in [-0.25, -0.2) is 0 Å². The summed E-state index contributed by atoms with van der Waals surface area (Å²) in [6.45, 7) is 3.33. The Morgan fingerprint density at radius 2 is 2.50 bits per heavy atom. The van der Waals surface area contributed by atoms with Crippen LogP contribution < -0.4 is 5.32 Å². The predicted octanol–water partition coefficient (Wildman–Crippen LogP) is -0.645. The lowest BCUT2D eigenvalue weighted by Gasteiger charge is -2.23. The molecule has 2 nitrogen and oxygen atoms in total. The summed E-state index contributed by atoms with van der Waals surface area (Å²) in [5.74, 6) is 0. The van der Waals surface area contributed by atoms with Gasteiger partial charge in [-0.1, -0.05) is 0 Å². The molecule has 1 atom stereocenters. The first-order valence-corrected chi connectivity index (χ1v) is 3.02. The topological polar surface area (TPSA) is 19.9 Å². The molecule has 0 bridgehead atoms. The van der Waals surface area contributed by atoms with Gasteiger partial charge in [-0.05, 0) is 6.08 Å². The fourth-order valence-electron chi connectivity index (χ4n) is 0.805. The van der Waals surface area contributed by atoms with Crippen LogP contribution in [-0.2, 0) is 0 Å². The molecule has 2 N–H and O–H groups in total. The first-order chi connectivity index (χ1) is 3.80. The lowest BCUT2D eigenvalue weighted by atomic mass is 10.4. The van der Waals surface area contributed by atoms with Crippen LogP contribution in [0.5, 0.6) is 0 Å². The summed E-state index contributed by atoms with van der Waals surface area (Å²) in [6.07, 6.45) is 4.92. The summed E-state index contributed by atoms with van der Waals surface area (Å²) in [5, 5.41) is 2.29. The fourth-order valence-corrected chi connectivity index (χ4v) is 0.805. The van der Waals surface area contributed by atoms with Crippen molar-refractivity contribution in [3.63, 3.8) is 0 Å². The van der Waals surface area contributed by atoms with Crippen molar-refractivity contribution in [2.24, 2.45) is 0 Å². The maximum atomic E-state index is 2.29. The molecular formula is C6H13N2+. The van der Waals surface area contributed by atoms with Gasteiger partial charge >= 0.3 is 0 Å². The van der Waals surface area contributed by atoms with Crippen molar-refractivity contribution in [3.05, 3.63) is 12.3 Å². The van der Waals surface area contributed by atoms with Crippen LogP contribution in [0.4, 0.5) is 0 Å². The highest BCUT2D eigenvalue weighted by Gasteiger charge is 2.08. The second-order valence-electron chi connectivity index (χ2n) is 2.26. The molecule has 1 aliphatic heterocycles. The summed E-state index contributed by atoms with van der Waals surface area (Å²) >= 11 is 0. The van der Waals surface area contributed by atoms with Crippen molar-refractivity contribution in [1.29, 1.82) is 0 Å². The van der Waals surface area contributed by atoms with E-state index in [0.717, 1.165) is 6.54 Å². The highest BCUT2D eigenvalue weighted by atomic mass is 15.2. The molecule has 0 saturated heterocycles. The molecule has 0 spiro atoms. The second-order valence-corrected chi connectivity index (χ2v) is 2.26. The van der Waals surface area contributed by atoms with Gasteiger partial charge in [-0.2, -0.15) is 0 Å². The molecule has 0 saturated carbocycles. The molecule has 1 unspecified atom stereocenters. The van der Waals surface area contributed by atoms with E-state index in [1.807, 2.05) is 0 Å². The van der Waals surface area contributed by atoms with Crippen LogP contribution in [0, 0.1) is 0 Å². The molecule has 0 amide bonds. The normalized spacial score (nSPS) is 28.8. The van der Waals surface area contributed by atoms with Crippen molar-refractivity contribution in [3.8, 4) is 0 Å². The molecular weight excluding hydrogens is 100 g/mol. The average Bonchev–Trinajstić information content (AvgIpc) is 1.77. The molecule has 1 aliphatic rings. The van der Waals surface area contributed by atoms with E-state index in [1.54, 1.807) is 0 Å². The van der Waals surface area contributed by atoms with Crippen LogP contribution >= 0.6 is 0 Å². The number of hydrogen-bond acceptors (Lipinski definition) is 1. The van der Waals surface area contributed by atoms with Gasteiger partial charge in [-0.15, -0.1) is 0 Å². The van der Waals surface area contributed by atoms with Crippen molar-refractivity contribution in [2.45, 2.75) is 13.1 Å². The van der Waals surface area contributed by atoms with E-state index in [9.17, 15) is 0 Å². The molecule has 0 aromatic heterocycles. The van der Waals surface area contributed by atoms with E-state index in [-0.39, 0.29) is 0 Å². The Bertz CT molecular complexity index is 98.7. The second kappa shape index (κ2) is 2.18. The molecule has 1 heterocycles. The summed E-state index contributed by atoms with van der Waals surface area (Å²) in [5.41, 5.74) is 0. The monoisotopic (exact) mass is 113 g/mol. The Morgan fingerprint density at radius 1 is 1.75 bits per heavy atom. The van der Waals surface area contributed by atoms with Crippen molar-refractivity contribution >= 4 is 0 Å². The van der Waals surface area contributed by atoms with Gasteiger partial charge in [0.2, 0.25) is 0 Å². The standard InChI is InChI=1S/C6H12N2/c1-6-7-4-3-5-8(6)2/h3,5-7H,4H2,1-2H3/p+1. The Balaban J connectivity index is 2.47. The Morgan fingerprint density at radius 3 is 2.88 bits per heavy atom. The minimum Gasteiger partial charge on any atom is -0.333 e. The SMILES string of the molecule is CC1[NH2+]CC=CN1C. The molecule has 0 fully saturated rings. The van der Waals surface area contributed by atoms with E-state index in [2.05, 4.69) is 36.5 Å². The van der Waals surface area contributed by atoms with E-state index in [0.29, 0.717) is 6.17 Å². The number of nitrogens with zero attached hydrogens (tertiary/aromatic N) is 1. The quantitative estimate of drug-likeness (QED) is 0.443. The summed E-state index contributed by atoms with van der Waals surface area (Å²) < 4.78 is 0. The van der Waals surface area contributed by atoms with Crippen molar-refractivity contribution < 1.29 is 5.32 Å². The summed E-state index contributed by atoms with van der Waals surface area (Å²) in [4.78, 5) is 2.20. The molecule has 8 heavy (non-hydrogen) atoms. The van der Waals surface area contributed by atoms with E-state index in [4.69, 9.17) is 0 Å². The average molecular weight is 113 g/mol. The summed E-state index contributed by atoms with van der Waals surface area (Å²) in [7, 11) is 2.09. The van der Waals surface area contributed by atoms with Crippen LogP contribution in [0.25, 0.3) is 0 Å². The number of quaternary nitrogens is 1. The van der Waals surface area contributed by atoms with Crippen LogP contribution in [0.2, 0.25) is 0 Å². The van der Waals surface area contributed by atoms with Crippen LogP contribution in [0.3, 0.4) is 0 Å². The van der Waals surface area contributed by atoms with Crippen LogP contribution in [0.15, 0.2) is 12.3 Å². The minimum atomic E-state index is 0.625. The Kier molecular flexibility index (Phi) is 1.53.